The van der Waals surface area contributed by atoms with Crippen LogP contribution in [-0.4, -0.2) is 30.5 Å². The number of halogens is 6. The zero-order valence-electron chi connectivity index (χ0n) is 13.4. The molecule has 26 heavy (non-hydrogen) atoms. The van der Waals surface area contributed by atoms with Gasteiger partial charge in [-0.1, -0.05) is 0 Å². The van der Waals surface area contributed by atoms with E-state index in [0.29, 0.717) is 11.7 Å². The number of pyridine rings is 1. The molecule has 140 valence electrons. The highest BCUT2D eigenvalue weighted by Gasteiger charge is 2.41. The summed E-state index contributed by atoms with van der Waals surface area (Å²) in [6.07, 6.45) is -8.83. The number of anilines is 1. The molecule has 0 unspecified atom stereocenters. The van der Waals surface area contributed by atoms with Gasteiger partial charge < -0.3 is 4.90 Å². The van der Waals surface area contributed by atoms with E-state index in [1.165, 1.54) is 23.1 Å². The van der Waals surface area contributed by atoms with Crippen LogP contribution in [0.15, 0.2) is 24.3 Å². The van der Waals surface area contributed by atoms with E-state index in [1.54, 1.807) is 0 Å². The summed E-state index contributed by atoms with van der Waals surface area (Å²) in [4.78, 5) is 16.1. The van der Waals surface area contributed by atoms with Gasteiger partial charge in [-0.2, -0.15) is 26.3 Å². The number of benzene rings is 1. The SMILES string of the molecule is O=Cc1ccc2nc(C(F)(F)F)cc(N3CCC(C(F)(F)F)CC3)c2c1. The Bertz CT molecular complexity index is 822. The molecule has 1 fully saturated rings. The number of aldehydes is 1. The zero-order valence-corrected chi connectivity index (χ0v) is 13.4. The molecule has 0 aliphatic carbocycles. The molecule has 2 aromatic rings. The van der Waals surface area contributed by atoms with Gasteiger partial charge in [0.05, 0.1) is 11.4 Å². The van der Waals surface area contributed by atoms with Crippen molar-refractivity contribution in [2.24, 2.45) is 5.92 Å². The Labute approximate surface area is 144 Å². The number of fused-ring (bicyclic) bond motifs is 1. The van der Waals surface area contributed by atoms with Crippen molar-refractivity contribution in [2.75, 3.05) is 18.0 Å². The number of piperidine rings is 1. The fraction of sp³-hybridized carbons (Fsp3) is 0.412. The molecule has 1 aliphatic rings. The van der Waals surface area contributed by atoms with Gasteiger partial charge in [0, 0.05) is 29.7 Å². The Balaban J connectivity index is 2.04. The molecule has 1 aromatic carbocycles. The van der Waals surface area contributed by atoms with E-state index in [4.69, 9.17) is 0 Å². The fourth-order valence-electron chi connectivity index (χ4n) is 3.15. The number of rotatable bonds is 2. The van der Waals surface area contributed by atoms with Crippen LogP contribution in [0.5, 0.6) is 0 Å². The van der Waals surface area contributed by atoms with Gasteiger partial charge in [0.1, 0.15) is 12.0 Å². The number of hydrogen-bond donors (Lipinski definition) is 0. The van der Waals surface area contributed by atoms with Crippen LogP contribution in [0.4, 0.5) is 32.0 Å². The Hall–Kier alpha value is -2.32. The summed E-state index contributed by atoms with van der Waals surface area (Å²) in [6.45, 7) is -0.0438. The molecule has 3 rings (SSSR count). The molecule has 2 heterocycles. The van der Waals surface area contributed by atoms with Crippen LogP contribution in [0.2, 0.25) is 0 Å². The van der Waals surface area contributed by atoms with Gasteiger partial charge >= 0.3 is 12.4 Å². The van der Waals surface area contributed by atoms with Gasteiger partial charge in [-0.25, -0.2) is 4.98 Å². The van der Waals surface area contributed by atoms with E-state index in [0.717, 1.165) is 6.07 Å². The average Bonchev–Trinajstić information content (AvgIpc) is 2.59. The minimum Gasteiger partial charge on any atom is -0.371 e. The van der Waals surface area contributed by atoms with E-state index >= 15 is 0 Å². The highest BCUT2D eigenvalue weighted by atomic mass is 19.4. The lowest BCUT2D eigenvalue weighted by atomic mass is 9.95. The van der Waals surface area contributed by atoms with Gasteiger partial charge in [0.15, 0.2) is 0 Å². The molecular formula is C17H14F6N2O. The standard InChI is InChI=1S/C17H14F6N2O/c18-16(19,20)11-3-5-25(6-4-11)14-8-15(17(21,22)23)24-13-2-1-10(9-26)7-12(13)14/h1-2,7-9,11H,3-6H2. The van der Waals surface area contributed by atoms with Crippen LogP contribution in [-0.2, 0) is 6.18 Å². The normalized spacial score (nSPS) is 16.9. The number of aromatic nitrogens is 1. The third-order valence-electron chi connectivity index (χ3n) is 4.54. The van der Waals surface area contributed by atoms with Crippen molar-refractivity contribution in [2.45, 2.75) is 25.2 Å². The monoisotopic (exact) mass is 376 g/mol. The van der Waals surface area contributed by atoms with Crippen molar-refractivity contribution in [3.05, 3.63) is 35.5 Å². The van der Waals surface area contributed by atoms with Crippen molar-refractivity contribution in [3.63, 3.8) is 0 Å². The van der Waals surface area contributed by atoms with Crippen molar-refractivity contribution < 1.29 is 31.1 Å². The second-order valence-electron chi connectivity index (χ2n) is 6.22. The summed E-state index contributed by atoms with van der Waals surface area (Å²) in [5.41, 5.74) is -0.674. The van der Waals surface area contributed by atoms with Gasteiger partial charge in [0.25, 0.3) is 0 Å². The second-order valence-corrected chi connectivity index (χ2v) is 6.22. The Kier molecular flexibility index (Phi) is 4.58. The molecule has 0 N–H and O–H groups in total. The van der Waals surface area contributed by atoms with Crippen molar-refractivity contribution in [1.29, 1.82) is 0 Å². The van der Waals surface area contributed by atoms with Gasteiger partial charge in [-0.05, 0) is 37.1 Å². The molecule has 0 spiro atoms. The van der Waals surface area contributed by atoms with Crippen LogP contribution in [0.3, 0.4) is 0 Å². The molecule has 0 saturated carbocycles. The molecular weight excluding hydrogens is 362 g/mol. The third-order valence-corrected chi connectivity index (χ3v) is 4.54. The number of alkyl halides is 6. The van der Waals surface area contributed by atoms with E-state index in [2.05, 4.69) is 4.98 Å². The first-order valence-electron chi connectivity index (χ1n) is 7.88. The Morgan fingerprint density at radius 2 is 1.69 bits per heavy atom. The van der Waals surface area contributed by atoms with Crippen LogP contribution >= 0.6 is 0 Å². The molecule has 9 heteroatoms. The van der Waals surface area contributed by atoms with Crippen molar-refractivity contribution in [3.8, 4) is 0 Å². The number of carbonyl (C=O) groups is 1. The summed E-state index contributed by atoms with van der Waals surface area (Å²) in [5.74, 6) is -1.46. The largest absolute Gasteiger partial charge is 0.433 e. The average molecular weight is 376 g/mol. The topological polar surface area (TPSA) is 33.2 Å². The third kappa shape index (κ3) is 3.61. The fourth-order valence-corrected chi connectivity index (χ4v) is 3.15. The second kappa shape index (κ2) is 6.44. The minimum absolute atomic E-state index is 0.0219. The molecule has 0 radical (unpaired) electrons. The quantitative estimate of drug-likeness (QED) is 0.555. The Morgan fingerprint density at radius 1 is 1.04 bits per heavy atom. The molecule has 3 nitrogen and oxygen atoms in total. The first kappa shape index (κ1) is 18.5. The van der Waals surface area contributed by atoms with Gasteiger partial charge in [0.2, 0.25) is 0 Å². The van der Waals surface area contributed by atoms with E-state index < -0.39 is 24.0 Å². The smallest absolute Gasteiger partial charge is 0.371 e. The van der Waals surface area contributed by atoms with Crippen LogP contribution in [0, 0.1) is 5.92 Å². The lowest BCUT2D eigenvalue weighted by molar-refractivity contribution is -0.179. The predicted molar refractivity (Wildman–Crippen MR) is 83.1 cm³/mol. The molecule has 1 aromatic heterocycles. The van der Waals surface area contributed by atoms with Gasteiger partial charge in [-0.15, -0.1) is 0 Å². The Morgan fingerprint density at radius 3 is 2.23 bits per heavy atom. The van der Waals surface area contributed by atoms with Gasteiger partial charge in [-0.3, -0.25) is 4.79 Å². The molecule has 0 bridgehead atoms. The number of carbonyl (C=O) groups excluding carboxylic acids is 1. The van der Waals surface area contributed by atoms with Crippen LogP contribution in [0.25, 0.3) is 10.9 Å². The highest BCUT2D eigenvalue weighted by molar-refractivity contribution is 5.95. The lowest BCUT2D eigenvalue weighted by Gasteiger charge is -2.35. The summed E-state index contributed by atoms with van der Waals surface area (Å²) < 4.78 is 77.9. The van der Waals surface area contributed by atoms with E-state index in [1.807, 2.05) is 0 Å². The van der Waals surface area contributed by atoms with Crippen LogP contribution < -0.4 is 4.90 Å². The summed E-state index contributed by atoms with van der Waals surface area (Å²) in [7, 11) is 0. The highest BCUT2D eigenvalue weighted by Crippen LogP contribution is 2.39. The summed E-state index contributed by atoms with van der Waals surface area (Å²) >= 11 is 0. The maximum atomic E-state index is 13.1. The predicted octanol–water partition coefficient (Wildman–Crippen LogP) is 4.84. The maximum Gasteiger partial charge on any atom is 0.433 e. The summed E-state index contributed by atoms with van der Waals surface area (Å²) in [6, 6.07) is 4.90. The van der Waals surface area contributed by atoms with Crippen molar-refractivity contribution >= 4 is 22.9 Å². The number of hydrogen-bond acceptors (Lipinski definition) is 3. The lowest BCUT2D eigenvalue weighted by Crippen LogP contribution is -2.39. The zero-order chi connectivity index (χ0) is 19.1. The van der Waals surface area contributed by atoms with Crippen molar-refractivity contribution in [1.82, 2.24) is 4.98 Å². The molecule has 1 aliphatic heterocycles. The van der Waals surface area contributed by atoms with Crippen LogP contribution in [0.1, 0.15) is 28.9 Å². The minimum atomic E-state index is -4.68. The molecule has 0 amide bonds. The van der Waals surface area contributed by atoms with E-state index in [9.17, 15) is 31.1 Å². The first-order chi connectivity index (χ1) is 12.1. The molecule has 1 saturated heterocycles. The maximum absolute atomic E-state index is 13.1. The molecule has 0 atom stereocenters. The van der Waals surface area contributed by atoms with E-state index in [-0.39, 0.29) is 42.7 Å². The number of nitrogens with zero attached hydrogens (tertiary/aromatic N) is 2. The first-order valence-corrected chi connectivity index (χ1v) is 7.88. The summed E-state index contributed by atoms with van der Waals surface area (Å²) in [5, 5.41) is 0.313.